The van der Waals surface area contributed by atoms with Crippen molar-refractivity contribution in [2.45, 2.75) is 31.9 Å². The summed E-state index contributed by atoms with van der Waals surface area (Å²) in [7, 11) is 0. The van der Waals surface area contributed by atoms with E-state index in [1.54, 1.807) is 29.2 Å². The van der Waals surface area contributed by atoms with Gasteiger partial charge in [0.2, 0.25) is 11.8 Å². The van der Waals surface area contributed by atoms with Crippen LogP contribution in [0, 0.1) is 6.92 Å². The van der Waals surface area contributed by atoms with E-state index in [-0.39, 0.29) is 18.2 Å². The van der Waals surface area contributed by atoms with Crippen molar-refractivity contribution in [3.63, 3.8) is 0 Å². The molecule has 2 aromatic carbocycles. The van der Waals surface area contributed by atoms with Gasteiger partial charge >= 0.3 is 0 Å². The molecule has 1 heterocycles. The zero-order valence-electron chi connectivity index (χ0n) is 15.8. The second-order valence-corrected chi connectivity index (χ2v) is 8.19. The second-order valence-electron chi connectivity index (χ2n) is 6.59. The SMILES string of the molecule is CCCN1C(=O)C(CC(=O)Nc2ccc(Cl)cc2)SC1=Nc1ccc(C)cc1. The molecular weight excluding hydrogens is 394 g/mol. The summed E-state index contributed by atoms with van der Waals surface area (Å²) in [6.07, 6.45) is 0.919. The maximum atomic E-state index is 12.8. The normalized spacial score (nSPS) is 18.0. The first kappa shape index (κ1) is 20.4. The molecule has 0 spiro atoms. The molecule has 2 amide bonds. The van der Waals surface area contributed by atoms with Gasteiger partial charge in [0.15, 0.2) is 5.17 Å². The first-order valence-electron chi connectivity index (χ1n) is 9.15. The number of amides is 2. The van der Waals surface area contributed by atoms with E-state index >= 15 is 0 Å². The summed E-state index contributed by atoms with van der Waals surface area (Å²) in [5, 5.41) is 3.60. The Balaban J connectivity index is 1.71. The van der Waals surface area contributed by atoms with Crippen LogP contribution >= 0.6 is 23.4 Å². The standard InChI is InChI=1S/C21H22ClN3O2S/c1-3-12-25-20(27)18(13-19(26)23-16-10-6-15(22)7-11-16)28-21(25)24-17-8-4-14(2)5-9-17/h4-11,18H,3,12-13H2,1-2H3,(H,23,26). The molecule has 0 aromatic heterocycles. The zero-order chi connectivity index (χ0) is 20.1. The van der Waals surface area contributed by atoms with Crippen molar-refractivity contribution in [1.82, 2.24) is 4.90 Å². The first-order valence-corrected chi connectivity index (χ1v) is 10.4. The lowest BCUT2D eigenvalue weighted by molar-refractivity contribution is -0.128. The number of rotatable bonds is 6. The van der Waals surface area contributed by atoms with Gasteiger partial charge in [-0.15, -0.1) is 0 Å². The van der Waals surface area contributed by atoms with Crippen LogP contribution in [0.1, 0.15) is 25.3 Å². The van der Waals surface area contributed by atoms with Gasteiger partial charge in [-0.1, -0.05) is 48.0 Å². The number of hydrogen-bond donors (Lipinski definition) is 1. The van der Waals surface area contributed by atoms with Gasteiger partial charge in [-0.25, -0.2) is 4.99 Å². The average molecular weight is 416 g/mol. The monoisotopic (exact) mass is 415 g/mol. The van der Waals surface area contributed by atoms with E-state index in [9.17, 15) is 9.59 Å². The van der Waals surface area contributed by atoms with Crippen molar-refractivity contribution in [3.8, 4) is 0 Å². The van der Waals surface area contributed by atoms with Gasteiger partial charge in [-0.05, 0) is 49.7 Å². The molecule has 1 fully saturated rings. The fourth-order valence-electron chi connectivity index (χ4n) is 2.80. The maximum Gasteiger partial charge on any atom is 0.242 e. The van der Waals surface area contributed by atoms with Crippen LogP contribution in [0.2, 0.25) is 5.02 Å². The molecule has 28 heavy (non-hydrogen) atoms. The van der Waals surface area contributed by atoms with Crippen LogP contribution < -0.4 is 5.32 Å². The minimum absolute atomic E-state index is 0.0658. The smallest absolute Gasteiger partial charge is 0.242 e. The van der Waals surface area contributed by atoms with Crippen molar-refractivity contribution < 1.29 is 9.59 Å². The molecule has 1 unspecified atom stereocenters. The summed E-state index contributed by atoms with van der Waals surface area (Å²) in [5.74, 6) is -0.273. The van der Waals surface area contributed by atoms with Gasteiger partial charge in [0, 0.05) is 23.7 Å². The molecule has 0 aliphatic carbocycles. The van der Waals surface area contributed by atoms with Crippen LogP contribution in [0.4, 0.5) is 11.4 Å². The highest BCUT2D eigenvalue weighted by atomic mass is 35.5. The molecule has 0 bridgehead atoms. The Morgan fingerprint density at radius 3 is 2.50 bits per heavy atom. The Kier molecular flexibility index (Phi) is 6.75. The number of anilines is 1. The first-order chi connectivity index (χ1) is 13.5. The Morgan fingerprint density at radius 1 is 1.18 bits per heavy atom. The Bertz CT molecular complexity index is 882. The molecule has 1 aliphatic heterocycles. The third-order valence-corrected chi connectivity index (χ3v) is 5.65. The highest BCUT2D eigenvalue weighted by molar-refractivity contribution is 8.15. The number of nitrogens with zero attached hydrogens (tertiary/aromatic N) is 2. The Morgan fingerprint density at radius 2 is 1.86 bits per heavy atom. The number of aliphatic imine (C=N–C) groups is 1. The van der Waals surface area contributed by atoms with Crippen LogP contribution in [0.5, 0.6) is 0 Å². The molecule has 7 heteroatoms. The maximum absolute atomic E-state index is 12.8. The van der Waals surface area contributed by atoms with E-state index in [4.69, 9.17) is 11.6 Å². The molecular formula is C21H22ClN3O2S. The van der Waals surface area contributed by atoms with Crippen LogP contribution in [-0.2, 0) is 9.59 Å². The third kappa shape index (κ3) is 5.14. The molecule has 1 saturated heterocycles. The molecule has 1 N–H and O–H groups in total. The minimum atomic E-state index is -0.469. The fourth-order valence-corrected chi connectivity index (χ4v) is 4.11. The summed E-state index contributed by atoms with van der Waals surface area (Å²) in [5.41, 5.74) is 2.61. The lowest BCUT2D eigenvalue weighted by Crippen LogP contribution is -2.34. The highest BCUT2D eigenvalue weighted by Crippen LogP contribution is 2.32. The Hall–Kier alpha value is -2.31. The van der Waals surface area contributed by atoms with Crippen LogP contribution in [0.15, 0.2) is 53.5 Å². The molecule has 1 aliphatic rings. The molecule has 1 atom stereocenters. The van der Waals surface area contributed by atoms with Gasteiger partial charge in [-0.2, -0.15) is 0 Å². The van der Waals surface area contributed by atoms with Gasteiger partial charge in [0.05, 0.1) is 5.69 Å². The van der Waals surface area contributed by atoms with Gasteiger partial charge in [-0.3, -0.25) is 14.5 Å². The molecule has 0 saturated carbocycles. The van der Waals surface area contributed by atoms with Gasteiger partial charge < -0.3 is 5.32 Å². The number of hydrogen-bond acceptors (Lipinski definition) is 4. The lowest BCUT2D eigenvalue weighted by Gasteiger charge is -2.15. The van der Waals surface area contributed by atoms with Gasteiger partial charge in [0.25, 0.3) is 0 Å². The average Bonchev–Trinajstić information content (AvgIpc) is 2.94. The van der Waals surface area contributed by atoms with Crippen LogP contribution in [-0.4, -0.2) is 33.7 Å². The highest BCUT2D eigenvalue weighted by Gasteiger charge is 2.38. The number of nitrogens with one attached hydrogen (secondary N) is 1. The van der Waals surface area contributed by atoms with Crippen molar-refractivity contribution in [3.05, 3.63) is 59.1 Å². The summed E-state index contributed by atoms with van der Waals surface area (Å²) < 4.78 is 0. The Labute approximate surface area is 174 Å². The van der Waals surface area contributed by atoms with E-state index in [2.05, 4.69) is 10.3 Å². The van der Waals surface area contributed by atoms with Crippen molar-refractivity contribution in [2.24, 2.45) is 4.99 Å². The van der Waals surface area contributed by atoms with E-state index in [1.165, 1.54) is 11.8 Å². The molecule has 5 nitrogen and oxygen atoms in total. The topological polar surface area (TPSA) is 61.8 Å². The van der Waals surface area contributed by atoms with E-state index in [1.807, 2.05) is 38.1 Å². The van der Waals surface area contributed by atoms with Crippen molar-refractivity contribution in [2.75, 3.05) is 11.9 Å². The molecule has 146 valence electrons. The summed E-state index contributed by atoms with van der Waals surface area (Å²) >= 11 is 7.21. The second kappa shape index (κ2) is 9.26. The molecule has 2 aromatic rings. The van der Waals surface area contributed by atoms with Crippen molar-refractivity contribution in [1.29, 1.82) is 0 Å². The van der Waals surface area contributed by atoms with Crippen LogP contribution in [0.25, 0.3) is 0 Å². The number of thioether (sulfide) groups is 1. The summed E-state index contributed by atoms with van der Waals surface area (Å²) in [6, 6.07) is 14.7. The van der Waals surface area contributed by atoms with Crippen molar-refractivity contribution >= 4 is 51.7 Å². The number of halogens is 1. The third-order valence-electron chi connectivity index (χ3n) is 4.22. The van der Waals surface area contributed by atoms with Gasteiger partial charge in [0.1, 0.15) is 5.25 Å². The fraction of sp³-hybridized carbons (Fsp3) is 0.286. The van der Waals surface area contributed by atoms with Crippen LogP contribution in [0.3, 0.4) is 0 Å². The number of aryl methyl sites for hydroxylation is 1. The predicted molar refractivity (Wildman–Crippen MR) is 116 cm³/mol. The zero-order valence-corrected chi connectivity index (χ0v) is 17.4. The molecule has 3 rings (SSSR count). The summed E-state index contributed by atoms with van der Waals surface area (Å²) in [6.45, 7) is 4.62. The minimum Gasteiger partial charge on any atom is -0.326 e. The molecule has 0 radical (unpaired) electrons. The number of benzene rings is 2. The summed E-state index contributed by atoms with van der Waals surface area (Å²) in [4.78, 5) is 31.5. The number of amidine groups is 1. The van der Waals surface area contributed by atoms with E-state index in [0.717, 1.165) is 17.7 Å². The van der Waals surface area contributed by atoms with E-state index in [0.29, 0.717) is 22.4 Å². The largest absolute Gasteiger partial charge is 0.326 e. The quantitative estimate of drug-likeness (QED) is 0.720. The number of carbonyl (C=O) groups excluding carboxylic acids is 2. The van der Waals surface area contributed by atoms with E-state index < -0.39 is 5.25 Å². The number of carbonyl (C=O) groups is 2. The lowest BCUT2D eigenvalue weighted by atomic mass is 10.2. The predicted octanol–water partition coefficient (Wildman–Crippen LogP) is 5.02.